The van der Waals surface area contributed by atoms with Crippen LogP contribution in [0.4, 0.5) is 4.79 Å². The smallest absolute Gasteiger partial charge is 0.407 e. The summed E-state index contributed by atoms with van der Waals surface area (Å²) in [5.41, 5.74) is 5.01. The number of carbonyl (C=O) groups excluding carboxylic acids is 2. The number of rotatable bonds is 6. The van der Waals surface area contributed by atoms with Crippen molar-refractivity contribution in [1.29, 1.82) is 0 Å². The van der Waals surface area contributed by atoms with E-state index in [0.29, 0.717) is 31.4 Å². The second kappa shape index (κ2) is 9.92. The third kappa shape index (κ3) is 4.79. The number of hydrogen-bond donors (Lipinski definition) is 2. The van der Waals surface area contributed by atoms with E-state index >= 15 is 0 Å². The summed E-state index contributed by atoms with van der Waals surface area (Å²) >= 11 is 0. The van der Waals surface area contributed by atoms with Crippen LogP contribution in [0.1, 0.15) is 36.3 Å². The molecule has 2 unspecified atom stereocenters. The van der Waals surface area contributed by atoms with Crippen LogP contribution in [0.2, 0.25) is 0 Å². The van der Waals surface area contributed by atoms with Gasteiger partial charge in [0.2, 0.25) is 0 Å². The van der Waals surface area contributed by atoms with E-state index in [1.54, 1.807) is 11.0 Å². The van der Waals surface area contributed by atoms with Crippen LogP contribution in [0.25, 0.3) is 11.1 Å². The molecule has 3 aliphatic rings. The highest BCUT2D eigenvalue weighted by Crippen LogP contribution is 2.44. The largest absolute Gasteiger partial charge is 0.478 e. The zero-order valence-electron chi connectivity index (χ0n) is 19.3. The van der Waals surface area contributed by atoms with E-state index in [9.17, 15) is 14.4 Å². The number of nitrogens with zero attached hydrogens (tertiary/aromatic N) is 1. The Bertz CT molecular complexity index is 1130. The SMILES string of the molecule is O=C(NCC1CCC(C(=O)N2CC=C(C(=O)O)CC2)O1)OCC1c2ccccc2-c2ccccc21. The van der Waals surface area contributed by atoms with Crippen LogP contribution in [-0.2, 0) is 19.1 Å². The third-order valence-electron chi connectivity index (χ3n) is 7.00. The van der Waals surface area contributed by atoms with Crippen LogP contribution in [0.3, 0.4) is 0 Å². The van der Waals surface area contributed by atoms with Crippen molar-refractivity contribution in [2.75, 3.05) is 26.2 Å². The van der Waals surface area contributed by atoms with Crippen molar-refractivity contribution in [2.24, 2.45) is 0 Å². The molecular formula is C27H28N2O6. The van der Waals surface area contributed by atoms with E-state index in [-0.39, 0.29) is 37.6 Å². The maximum absolute atomic E-state index is 12.7. The lowest BCUT2D eigenvalue weighted by Gasteiger charge is -2.27. The van der Waals surface area contributed by atoms with E-state index < -0.39 is 18.2 Å². The quantitative estimate of drug-likeness (QED) is 0.663. The minimum absolute atomic E-state index is 0.00174. The molecule has 1 saturated heterocycles. The van der Waals surface area contributed by atoms with Crippen molar-refractivity contribution < 1.29 is 29.0 Å². The van der Waals surface area contributed by atoms with Crippen molar-refractivity contribution in [3.05, 3.63) is 71.3 Å². The lowest BCUT2D eigenvalue weighted by molar-refractivity contribution is -0.143. The van der Waals surface area contributed by atoms with Gasteiger partial charge in [-0.3, -0.25) is 4.79 Å². The summed E-state index contributed by atoms with van der Waals surface area (Å²) in [5, 5.41) is 11.8. The predicted octanol–water partition coefficient (Wildman–Crippen LogP) is 3.32. The molecule has 0 spiro atoms. The predicted molar refractivity (Wildman–Crippen MR) is 128 cm³/mol. The minimum atomic E-state index is -0.936. The second-order valence-electron chi connectivity index (χ2n) is 9.10. The number of amides is 2. The summed E-state index contributed by atoms with van der Waals surface area (Å²) in [6, 6.07) is 16.4. The van der Waals surface area contributed by atoms with Gasteiger partial charge in [-0.1, -0.05) is 54.6 Å². The maximum atomic E-state index is 12.7. The number of nitrogens with one attached hydrogen (secondary N) is 1. The fraction of sp³-hybridized carbons (Fsp3) is 0.370. The van der Waals surface area contributed by atoms with Gasteiger partial charge in [0.05, 0.1) is 6.10 Å². The van der Waals surface area contributed by atoms with Gasteiger partial charge < -0.3 is 24.8 Å². The normalized spacial score (nSPS) is 21.1. The number of ether oxygens (including phenoxy) is 2. The van der Waals surface area contributed by atoms with E-state index in [2.05, 4.69) is 29.6 Å². The molecule has 2 N–H and O–H groups in total. The fourth-order valence-electron chi connectivity index (χ4n) is 5.15. The molecule has 1 fully saturated rings. The fourth-order valence-corrected chi connectivity index (χ4v) is 5.15. The van der Waals surface area contributed by atoms with E-state index in [1.807, 2.05) is 24.3 Å². The van der Waals surface area contributed by atoms with Crippen LogP contribution in [0.15, 0.2) is 60.2 Å². The van der Waals surface area contributed by atoms with Crippen LogP contribution in [0.5, 0.6) is 0 Å². The van der Waals surface area contributed by atoms with Crippen molar-refractivity contribution in [2.45, 2.75) is 37.4 Å². The molecule has 0 aromatic heterocycles. The Labute approximate surface area is 203 Å². The van der Waals surface area contributed by atoms with Crippen molar-refractivity contribution in [1.82, 2.24) is 10.2 Å². The van der Waals surface area contributed by atoms with Crippen molar-refractivity contribution >= 4 is 18.0 Å². The lowest BCUT2D eigenvalue weighted by atomic mass is 9.98. The Hall–Kier alpha value is -3.65. The molecular weight excluding hydrogens is 448 g/mol. The van der Waals surface area contributed by atoms with Gasteiger partial charge in [-0.2, -0.15) is 0 Å². The van der Waals surface area contributed by atoms with Gasteiger partial charge in [0.1, 0.15) is 12.7 Å². The molecule has 5 rings (SSSR count). The summed E-state index contributed by atoms with van der Waals surface area (Å²) in [7, 11) is 0. The molecule has 2 heterocycles. The molecule has 2 amide bonds. The third-order valence-corrected chi connectivity index (χ3v) is 7.00. The van der Waals surface area contributed by atoms with Gasteiger partial charge >= 0.3 is 12.1 Å². The van der Waals surface area contributed by atoms with Gasteiger partial charge in [0, 0.05) is 31.1 Å². The number of alkyl carbamates (subject to hydrolysis) is 1. The molecule has 0 bridgehead atoms. The molecule has 0 saturated carbocycles. The van der Waals surface area contributed by atoms with E-state index in [0.717, 1.165) is 11.1 Å². The van der Waals surface area contributed by atoms with Gasteiger partial charge in [0.15, 0.2) is 0 Å². The highest BCUT2D eigenvalue weighted by atomic mass is 16.5. The minimum Gasteiger partial charge on any atom is -0.478 e. The topological polar surface area (TPSA) is 105 Å². The average Bonchev–Trinajstić information content (AvgIpc) is 3.49. The summed E-state index contributed by atoms with van der Waals surface area (Å²) in [4.78, 5) is 37.8. The first-order valence-corrected chi connectivity index (χ1v) is 12.0. The zero-order valence-corrected chi connectivity index (χ0v) is 19.3. The molecule has 182 valence electrons. The highest BCUT2D eigenvalue weighted by Gasteiger charge is 2.35. The molecule has 8 heteroatoms. The number of benzene rings is 2. The second-order valence-corrected chi connectivity index (χ2v) is 9.10. The van der Waals surface area contributed by atoms with Crippen LogP contribution in [0, 0.1) is 0 Å². The van der Waals surface area contributed by atoms with Gasteiger partial charge in [-0.15, -0.1) is 0 Å². The van der Waals surface area contributed by atoms with Crippen molar-refractivity contribution in [3.63, 3.8) is 0 Å². The van der Waals surface area contributed by atoms with Gasteiger partial charge in [-0.05, 0) is 41.5 Å². The number of aliphatic carboxylic acids is 1. The highest BCUT2D eigenvalue weighted by molar-refractivity contribution is 5.88. The van der Waals surface area contributed by atoms with Crippen LogP contribution >= 0.6 is 0 Å². The molecule has 2 aliphatic heterocycles. The molecule has 8 nitrogen and oxygen atoms in total. The number of carboxylic acids is 1. The molecule has 2 aromatic carbocycles. The summed E-state index contributed by atoms with van der Waals surface area (Å²) < 4.78 is 11.4. The van der Waals surface area contributed by atoms with Crippen LogP contribution < -0.4 is 5.32 Å². The number of fused-ring (bicyclic) bond motifs is 3. The Kier molecular flexibility index (Phi) is 6.55. The van der Waals surface area contributed by atoms with Gasteiger partial charge in [0.25, 0.3) is 5.91 Å². The summed E-state index contributed by atoms with van der Waals surface area (Å²) in [5.74, 6) is -1.07. The van der Waals surface area contributed by atoms with Crippen molar-refractivity contribution in [3.8, 4) is 11.1 Å². The first-order chi connectivity index (χ1) is 17.0. The Morgan fingerprint density at radius 1 is 1.03 bits per heavy atom. The average molecular weight is 477 g/mol. The van der Waals surface area contributed by atoms with Crippen LogP contribution in [-0.4, -0.2) is 66.4 Å². The number of carbonyl (C=O) groups is 3. The molecule has 0 radical (unpaired) electrons. The molecule has 2 atom stereocenters. The number of hydrogen-bond acceptors (Lipinski definition) is 5. The maximum Gasteiger partial charge on any atom is 0.407 e. The lowest BCUT2D eigenvalue weighted by Crippen LogP contribution is -2.42. The summed E-state index contributed by atoms with van der Waals surface area (Å²) in [6.45, 7) is 1.17. The first-order valence-electron chi connectivity index (χ1n) is 12.0. The Morgan fingerprint density at radius 3 is 2.34 bits per heavy atom. The molecule has 2 aromatic rings. The zero-order chi connectivity index (χ0) is 24.4. The van der Waals surface area contributed by atoms with E-state index in [4.69, 9.17) is 14.6 Å². The molecule has 1 aliphatic carbocycles. The Morgan fingerprint density at radius 2 is 1.71 bits per heavy atom. The Balaban J connectivity index is 1.09. The van der Waals surface area contributed by atoms with E-state index in [1.165, 1.54) is 11.1 Å². The summed E-state index contributed by atoms with van der Waals surface area (Å²) in [6.07, 6.45) is 1.80. The molecule has 35 heavy (non-hydrogen) atoms. The monoisotopic (exact) mass is 476 g/mol. The standard InChI is InChI=1S/C27H28N2O6/c30-25(29-13-11-17(12-14-29)26(31)32)24-10-9-18(35-24)15-28-27(33)34-16-23-21-7-3-1-5-19(21)20-6-2-4-8-22(20)23/h1-8,11,18,23-24H,9-10,12-16H2,(H,28,33)(H,31,32). The van der Waals surface area contributed by atoms with Gasteiger partial charge in [-0.25, -0.2) is 9.59 Å². The number of carboxylic acid groups (broad SMARTS) is 1. The first kappa shape index (κ1) is 23.1.